The molecule has 0 unspecified atom stereocenters. The van der Waals surface area contributed by atoms with Gasteiger partial charge in [-0.05, 0) is 147 Å². The molecule has 260 valence electrons. The first kappa shape index (κ1) is 32.7. The Labute approximate surface area is 289 Å². The molecule has 6 fully saturated rings. The molecule has 0 radical (unpaired) electrons. The van der Waals surface area contributed by atoms with Crippen LogP contribution in [0, 0.1) is 56.7 Å². The molecule has 6 nitrogen and oxygen atoms in total. The molecular formula is C42H60N4O2. The van der Waals surface area contributed by atoms with Gasteiger partial charge in [-0.2, -0.15) is 0 Å². The summed E-state index contributed by atoms with van der Waals surface area (Å²) in [6, 6.07) is 4.01. The first-order chi connectivity index (χ1) is 22.8. The largest absolute Gasteiger partial charge is 0.393 e. The van der Waals surface area contributed by atoms with Crippen LogP contribution < -0.4 is 0 Å². The number of amides is 1. The molecule has 2 aromatic heterocycles. The molecular weight excluding hydrogens is 592 g/mol. The van der Waals surface area contributed by atoms with Crippen molar-refractivity contribution in [2.45, 2.75) is 131 Å². The van der Waals surface area contributed by atoms with E-state index < -0.39 is 0 Å². The quantitative estimate of drug-likeness (QED) is 0.323. The van der Waals surface area contributed by atoms with Crippen molar-refractivity contribution < 1.29 is 9.90 Å². The molecule has 3 heterocycles. The maximum atomic E-state index is 15.3. The number of rotatable bonds is 4. The number of aromatic amines is 1. The van der Waals surface area contributed by atoms with Gasteiger partial charge < -0.3 is 15.0 Å². The monoisotopic (exact) mass is 652 g/mol. The van der Waals surface area contributed by atoms with E-state index in [-0.39, 0.29) is 39.2 Å². The minimum absolute atomic E-state index is 0.00335. The first-order valence-corrected chi connectivity index (χ1v) is 19.4. The van der Waals surface area contributed by atoms with Crippen LogP contribution in [0.1, 0.15) is 130 Å². The molecule has 6 heteroatoms. The van der Waals surface area contributed by atoms with E-state index in [1.54, 1.807) is 6.20 Å². The zero-order valence-electron chi connectivity index (χ0n) is 30.5. The van der Waals surface area contributed by atoms with Crippen LogP contribution in [0.3, 0.4) is 0 Å². The van der Waals surface area contributed by atoms with Gasteiger partial charge in [0, 0.05) is 24.5 Å². The highest BCUT2D eigenvalue weighted by atomic mass is 16.3. The number of allylic oxidation sites excluding steroid dienone is 1. The SMILES string of the molecule is C=C(C)[C@@H]1CC[C@]2(C(=O)N3CCC[C@H]3c3ncc(-c4cccnc4)[nH]3)CC[C@]3(C)[C@H](CC[C@@H]4[C@@]5(C)CC[C@H](O)C(C)(C)[C@@H]5CC[C@]43C)[C@@H]12. The number of hydrogen-bond donors (Lipinski definition) is 2. The van der Waals surface area contributed by atoms with Gasteiger partial charge in [-0.25, -0.2) is 4.98 Å². The molecule has 5 saturated carbocycles. The molecule has 6 aliphatic rings. The Morgan fingerprint density at radius 1 is 0.938 bits per heavy atom. The van der Waals surface area contributed by atoms with Crippen LogP contribution in [-0.2, 0) is 4.79 Å². The van der Waals surface area contributed by atoms with Crippen molar-refractivity contribution in [2.24, 2.45) is 56.7 Å². The fourth-order valence-electron chi connectivity index (χ4n) is 14.3. The molecule has 2 N–H and O–H groups in total. The van der Waals surface area contributed by atoms with Crippen molar-refractivity contribution >= 4 is 5.91 Å². The highest BCUT2D eigenvalue weighted by molar-refractivity contribution is 5.84. The topological polar surface area (TPSA) is 82.1 Å². The third-order valence-corrected chi connectivity index (χ3v) is 16.9. The summed E-state index contributed by atoms with van der Waals surface area (Å²) in [7, 11) is 0. The summed E-state index contributed by atoms with van der Waals surface area (Å²) in [5.41, 5.74) is 3.64. The maximum absolute atomic E-state index is 15.3. The second-order valence-corrected chi connectivity index (χ2v) is 18.8. The molecule has 2 aromatic rings. The lowest BCUT2D eigenvalue weighted by Gasteiger charge is -2.73. The fourth-order valence-corrected chi connectivity index (χ4v) is 14.3. The van der Waals surface area contributed by atoms with E-state index in [1.807, 2.05) is 18.5 Å². The van der Waals surface area contributed by atoms with Crippen molar-refractivity contribution in [1.82, 2.24) is 19.9 Å². The lowest BCUT2D eigenvalue weighted by Crippen LogP contribution is -2.67. The normalized spacial score (nSPS) is 44.7. The molecule has 11 atom stereocenters. The second-order valence-electron chi connectivity index (χ2n) is 18.8. The summed E-state index contributed by atoms with van der Waals surface area (Å²) in [5, 5.41) is 11.1. The zero-order valence-corrected chi connectivity index (χ0v) is 30.5. The molecule has 8 rings (SSSR count). The van der Waals surface area contributed by atoms with Gasteiger partial charge in [-0.15, -0.1) is 0 Å². The van der Waals surface area contributed by atoms with Gasteiger partial charge in [0.15, 0.2) is 0 Å². The lowest BCUT2D eigenvalue weighted by molar-refractivity contribution is -0.247. The minimum atomic E-state index is -0.309. The summed E-state index contributed by atoms with van der Waals surface area (Å²) in [6.45, 7) is 20.3. The van der Waals surface area contributed by atoms with E-state index in [2.05, 4.69) is 69.1 Å². The number of carbonyl (C=O) groups excluding carboxylic acids is 1. The number of imidazole rings is 1. The van der Waals surface area contributed by atoms with Gasteiger partial charge in [-0.1, -0.05) is 46.8 Å². The number of aromatic nitrogens is 3. The van der Waals surface area contributed by atoms with Crippen LogP contribution in [0.5, 0.6) is 0 Å². The van der Waals surface area contributed by atoms with E-state index in [0.29, 0.717) is 35.5 Å². The van der Waals surface area contributed by atoms with Crippen molar-refractivity contribution in [3.05, 3.63) is 48.7 Å². The van der Waals surface area contributed by atoms with Gasteiger partial charge in [0.2, 0.25) is 5.91 Å². The van der Waals surface area contributed by atoms with E-state index in [0.717, 1.165) is 75.0 Å². The van der Waals surface area contributed by atoms with Crippen molar-refractivity contribution in [2.75, 3.05) is 6.54 Å². The number of aliphatic hydroxyl groups excluding tert-OH is 1. The summed E-state index contributed by atoms with van der Waals surface area (Å²) in [5.74, 6) is 3.87. The van der Waals surface area contributed by atoms with Gasteiger partial charge in [0.05, 0.1) is 29.5 Å². The molecule has 0 spiro atoms. The number of pyridine rings is 1. The predicted octanol–water partition coefficient (Wildman–Crippen LogP) is 9.15. The van der Waals surface area contributed by atoms with Crippen LogP contribution in [0.4, 0.5) is 0 Å². The third-order valence-electron chi connectivity index (χ3n) is 16.9. The Morgan fingerprint density at radius 2 is 1.75 bits per heavy atom. The Bertz CT molecular complexity index is 1580. The number of H-pyrrole nitrogens is 1. The number of carbonyl (C=O) groups is 1. The fraction of sp³-hybridized carbons (Fsp3) is 0.738. The number of hydrogen-bond acceptors (Lipinski definition) is 4. The molecule has 48 heavy (non-hydrogen) atoms. The van der Waals surface area contributed by atoms with Crippen LogP contribution in [0.15, 0.2) is 42.9 Å². The standard InChI is InChI=1S/C42H60N4O2/c1-26(2)28-14-19-42(37(48)46-23-9-11-31(46)36-44-25-30(45-36)27-10-8-22-43-24-27)21-20-40(6)29(35(28)42)12-13-33-39(5)17-16-34(47)38(3,4)32(39)15-18-41(33,40)7/h8,10,22,24-25,28-29,31-35,47H,1,9,11-21,23H2,2-7H3,(H,44,45)/t28-,29+,31-,32-,33+,34-,35+,39-,40+,41+,42-/m0/s1. The van der Waals surface area contributed by atoms with Gasteiger partial charge in [-0.3, -0.25) is 9.78 Å². The Morgan fingerprint density at radius 3 is 2.50 bits per heavy atom. The molecule has 0 bridgehead atoms. The van der Waals surface area contributed by atoms with E-state index >= 15 is 4.79 Å². The summed E-state index contributed by atoms with van der Waals surface area (Å²) in [6.07, 6.45) is 18.6. The minimum Gasteiger partial charge on any atom is -0.393 e. The zero-order chi connectivity index (χ0) is 33.9. The summed E-state index contributed by atoms with van der Waals surface area (Å²) >= 11 is 0. The number of nitrogens with zero attached hydrogens (tertiary/aromatic N) is 3. The van der Waals surface area contributed by atoms with Gasteiger partial charge in [0.1, 0.15) is 5.82 Å². The average Bonchev–Trinajstić information content (AvgIpc) is 3.82. The van der Waals surface area contributed by atoms with Gasteiger partial charge in [0.25, 0.3) is 0 Å². The highest BCUT2D eigenvalue weighted by Gasteiger charge is 2.72. The van der Waals surface area contributed by atoms with E-state index in [1.165, 1.54) is 31.3 Å². The number of nitrogens with one attached hydrogen (secondary N) is 1. The maximum Gasteiger partial charge on any atom is 0.229 e. The Kier molecular flexibility index (Phi) is 7.51. The van der Waals surface area contributed by atoms with Crippen LogP contribution in [0.25, 0.3) is 11.3 Å². The molecule has 0 aromatic carbocycles. The number of fused-ring (bicyclic) bond motifs is 7. The third kappa shape index (κ3) is 4.29. The van der Waals surface area contributed by atoms with Crippen molar-refractivity contribution in [3.8, 4) is 11.3 Å². The highest BCUT2D eigenvalue weighted by Crippen LogP contribution is 2.77. The Hall–Kier alpha value is -2.47. The smallest absolute Gasteiger partial charge is 0.229 e. The molecule has 1 aliphatic heterocycles. The Balaban J connectivity index is 1.12. The summed E-state index contributed by atoms with van der Waals surface area (Å²) < 4.78 is 0. The van der Waals surface area contributed by atoms with Crippen LogP contribution in [-0.4, -0.2) is 43.5 Å². The first-order valence-electron chi connectivity index (χ1n) is 19.4. The predicted molar refractivity (Wildman–Crippen MR) is 190 cm³/mol. The van der Waals surface area contributed by atoms with Crippen LogP contribution in [0.2, 0.25) is 0 Å². The number of aliphatic hydroxyl groups is 1. The molecule has 1 saturated heterocycles. The molecule has 5 aliphatic carbocycles. The molecule has 1 amide bonds. The average molecular weight is 653 g/mol. The van der Waals surface area contributed by atoms with E-state index in [9.17, 15) is 5.11 Å². The summed E-state index contributed by atoms with van der Waals surface area (Å²) in [4.78, 5) is 30.3. The second kappa shape index (κ2) is 11.0. The lowest BCUT2D eigenvalue weighted by atomic mass is 9.32. The van der Waals surface area contributed by atoms with Crippen molar-refractivity contribution in [1.29, 1.82) is 0 Å². The van der Waals surface area contributed by atoms with Crippen molar-refractivity contribution in [3.63, 3.8) is 0 Å². The van der Waals surface area contributed by atoms with Crippen LogP contribution >= 0.6 is 0 Å². The number of likely N-dealkylation sites (tertiary alicyclic amines) is 1. The van der Waals surface area contributed by atoms with E-state index in [4.69, 9.17) is 4.98 Å². The van der Waals surface area contributed by atoms with Gasteiger partial charge >= 0.3 is 0 Å².